The first-order valence-corrected chi connectivity index (χ1v) is 4.80. The van der Waals surface area contributed by atoms with Crippen molar-refractivity contribution in [2.75, 3.05) is 0 Å². The van der Waals surface area contributed by atoms with Crippen LogP contribution in [0.25, 0.3) is 0 Å². The van der Waals surface area contributed by atoms with Crippen LogP contribution < -0.4 is 5.48 Å². The Hall–Kier alpha value is -1.75. The van der Waals surface area contributed by atoms with Gasteiger partial charge in [-0.3, -0.25) is 9.63 Å². The van der Waals surface area contributed by atoms with E-state index < -0.39 is 11.5 Å². The van der Waals surface area contributed by atoms with Crippen LogP contribution in [0, 0.1) is 0 Å². The summed E-state index contributed by atoms with van der Waals surface area (Å²) in [6.45, 7) is 5.29. The van der Waals surface area contributed by atoms with E-state index in [1.165, 1.54) is 18.2 Å². The Balaban J connectivity index is 2.81. The molecule has 0 aromatic heterocycles. The van der Waals surface area contributed by atoms with E-state index in [1.54, 1.807) is 20.8 Å². The number of nitrogens with one attached hydrogen (secondary N) is 1. The molecule has 0 unspecified atom stereocenters. The summed E-state index contributed by atoms with van der Waals surface area (Å²) in [6.07, 6.45) is 0. The van der Waals surface area contributed by atoms with Crippen LogP contribution in [-0.2, 0) is 4.84 Å². The van der Waals surface area contributed by atoms with Crippen LogP contribution in [0.15, 0.2) is 18.2 Å². The summed E-state index contributed by atoms with van der Waals surface area (Å²) in [5.41, 5.74) is 1.41. The smallest absolute Gasteiger partial charge is 0.282 e. The molecular formula is C11H15NO4. The third-order valence-corrected chi connectivity index (χ3v) is 1.70. The van der Waals surface area contributed by atoms with Gasteiger partial charge >= 0.3 is 0 Å². The highest BCUT2D eigenvalue weighted by molar-refractivity contribution is 5.98. The predicted octanol–water partition coefficient (Wildman–Crippen LogP) is 1.56. The second kappa shape index (κ2) is 4.40. The fraction of sp³-hybridized carbons (Fsp3) is 0.364. The van der Waals surface area contributed by atoms with E-state index in [4.69, 9.17) is 4.84 Å². The molecule has 0 aliphatic rings. The van der Waals surface area contributed by atoms with Crippen molar-refractivity contribution in [3.05, 3.63) is 23.8 Å². The van der Waals surface area contributed by atoms with E-state index in [1.807, 2.05) is 0 Å². The van der Waals surface area contributed by atoms with Crippen LogP contribution in [0.5, 0.6) is 11.5 Å². The topological polar surface area (TPSA) is 78.8 Å². The highest BCUT2D eigenvalue weighted by Gasteiger charge is 2.19. The van der Waals surface area contributed by atoms with Gasteiger partial charge in [0.15, 0.2) is 0 Å². The van der Waals surface area contributed by atoms with E-state index in [9.17, 15) is 15.0 Å². The first-order valence-electron chi connectivity index (χ1n) is 4.80. The molecule has 1 rings (SSSR count). The predicted molar refractivity (Wildman–Crippen MR) is 58.1 cm³/mol. The van der Waals surface area contributed by atoms with Gasteiger partial charge in [-0.25, -0.2) is 5.48 Å². The molecule has 5 heteroatoms. The van der Waals surface area contributed by atoms with Crippen LogP contribution in [0.1, 0.15) is 31.1 Å². The molecule has 5 nitrogen and oxygen atoms in total. The lowest BCUT2D eigenvalue weighted by atomic mass is 10.1. The number of carbonyl (C=O) groups excluding carboxylic acids is 1. The minimum absolute atomic E-state index is 0.202. The summed E-state index contributed by atoms with van der Waals surface area (Å²) in [7, 11) is 0. The molecule has 0 heterocycles. The lowest BCUT2D eigenvalue weighted by Gasteiger charge is -2.19. The highest BCUT2D eigenvalue weighted by Crippen LogP contribution is 2.25. The number of hydroxylamine groups is 1. The third-order valence-electron chi connectivity index (χ3n) is 1.70. The number of amides is 1. The second-order valence-corrected chi connectivity index (χ2v) is 4.32. The average molecular weight is 225 g/mol. The largest absolute Gasteiger partial charge is 0.507 e. The number of hydrogen-bond donors (Lipinski definition) is 3. The Labute approximate surface area is 93.6 Å². The van der Waals surface area contributed by atoms with E-state index in [-0.39, 0.29) is 17.1 Å². The maximum atomic E-state index is 11.6. The zero-order valence-electron chi connectivity index (χ0n) is 9.44. The maximum absolute atomic E-state index is 11.6. The van der Waals surface area contributed by atoms with Crippen molar-refractivity contribution >= 4 is 5.91 Å². The zero-order chi connectivity index (χ0) is 12.3. The van der Waals surface area contributed by atoms with Crippen LogP contribution in [-0.4, -0.2) is 21.7 Å². The maximum Gasteiger partial charge on any atom is 0.282 e. The first-order chi connectivity index (χ1) is 7.31. The average Bonchev–Trinajstić information content (AvgIpc) is 2.13. The fourth-order valence-corrected chi connectivity index (χ4v) is 1.01. The lowest BCUT2D eigenvalue weighted by Crippen LogP contribution is -2.33. The van der Waals surface area contributed by atoms with Crippen molar-refractivity contribution in [1.82, 2.24) is 5.48 Å². The zero-order valence-corrected chi connectivity index (χ0v) is 9.44. The van der Waals surface area contributed by atoms with Crippen LogP contribution in [0.2, 0.25) is 0 Å². The Morgan fingerprint density at radius 2 is 1.75 bits per heavy atom. The normalized spacial score (nSPS) is 11.2. The molecule has 1 aromatic carbocycles. The summed E-state index contributed by atoms with van der Waals surface area (Å²) in [4.78, 5) is 16.6. The summed E-state index contributed by atoms with van der Waals surface area (Å²) < 4.78 is 0. The molecule has 0 bridgehead atoms. The molecule has 88 valence electrons. The van der Waals surface area contributed by atoms with Crippen molar-refractivity contribution in [2.24, 2.45) is 0 Å². The van der Waals surface area contributed by atoms with E-state index in [0.717, 1.165) is 0 Å². The Morgan fingerprint density at radius 3 is 2.19 bits per heavy atom. The van der Waals surface area contributed by atoms with Gasteiger partial charge in [0.25, 0.3) is 5.91 Å². The quantitative estimate of drug-likeness (QED) is 0.667. The highest BCUT2D eigenvalue weighted by atomic mass is 16.7. The molecule has 0 spiro atoms. The van der Waals surface area contributed by atoms with Gasteiger partial charge in [-0.05, 0) is 32.9 Å². The van der Waals surface area contributed by atoms with Crippen LogP contribution in [0.4, 0.5) is 0 Å². The number of hydrogen-bond acceptors (Lipinski definition) is 4. The molecule has 0 atom stereocenters. The minimum atomic E-state index is -0.689. The van der Waals surface area contributed by atoms with Gasteiger partial charge in [-0.2, -0.15) is 0 Å². The van der Waals surface area contributed by atoms with Crippen molar-refractivity contribution < 1.29 is 19.8 Å². The van der Waals surface area contributed by atoms with Gasteiger partial charge in [0.05, 0.1) is 5.60 Å². The summed E-state index contributed by atoms with van der Waals surface area (Å²) in [5, 5.41) is 18.8. The fourth-order valence-electron chi connectivity index (χ4n) is 1.01. The summed E-state index contributed by atoms with van der Waals surface area (Å²) in [5.74, 6) is -1.28. The summed E-state index contributed by atoms with van der Waals surface area (Å²) in [6, 6.07) is 4.06. The van der Waals surface area contributed by atoms with Gasteiger partial charge in [-0.1, -0.05) is 6.07 Å². The molecule has 16 heavy (non-hydrogen) atoms. The van der Waals surface area contributed by atoms with Gasteiger partial charge in [0.1, 0.15) is 17.1 Å². The van der Waals surface area contributed by atoms with Crippen molar-refractivity contribution in [3.8, 4) is 11.5 Å². The monoisotopic (exact) mass is 225 g/mol. The molecule has 0 aliphatic carbocycles. The number of aromatic hydroxyl groups is 2. The standard InChI is InChI=1S/C11H15NO4/c1-11(2,3)16-12-10(15)9-7(13)5-4-6-8(9)14/h4-6,13-14H,1-3H3,(H,12,15). The summed E-state index contributed by atoms with van der Waals surface area (Å²) >= 11 is 0. The van der Waals surface area contributed by atoms with Gasteiger partial charge < -0.3 is 10.2 Å². The van der Waals surface area contributed by atoms with Crippen LogP contribution >= 0.6 is 0 Å². The van der Waals surface area contributed by atoms with Gasteiger partial charge in [0.2, 0.25) is 0 Å². The number of phenols is 2. The van der Waals surface area contributed by atoms with Gasteiger partial charge in [-0.15, -0.1) is 0 Å². The minimum Gasteiger partial charge on any atom is -0.507 e. The Bertz CT molecular complexity index is 375. The Morgan fingerprint density at radius 1 is 1.25 bits per heavy atom. The number of benzene rings is 1. The van der Waals surface area contributed by atoms with Gasteiger partial charge in [0, 0.05) is 0 Å². The molecule has 1 aromatic rings. The van der Waals surface area contributed by atoms with E-state index >= 15 is 0 Å². The molecule has 0 saturated carbocycles. The van der Waals surface area contributed by atoms with E-state index in [0.29, 0.717) is 0 Å². The molecule has 0 fully saturated rings. The molecule has 0 aliphatic heterocycles. The number of carbonyl (C=O) groups is 1. The molecule has 0 radical (unpaired) electrons. The Kier molecular flexibility index (Phi) is 3.39. The number of rotatable bonds is 2. The third kappa shape index (κ3) is 3.13. The molecule has 0 saturated heterocycles. The van der Waals surface area contributed by atoms with Crippen molar-refractivity contribution in [2.45, 2.75) is 26.4 Å². The second-order valence-electron chi connectivity index (χ2n) is 4.32. The molecular weight excluding hydrogens is 210 g/mol. The number of phenolic OH excluding ortho intramolecular Hbond substituents is 2. The van der Waals surface area contributed by atoms with Crippen molar-refractivity contribution in [1.29, 1.82) is 0 Å². The van der Waals surface area contributed by atoms with Crippen molar-refractivity contribution in [3.63, 3.8) is 0 Å². The lowest BCUT2D eigenvalue weighted by molar-refractivity contribution is -0.0591. The molecule has 3 N–H and O–H groups in total. The molecule has 1 amide bonds. The van der Waals surface area contributed by atoms with Crippen LogP contribution in [0.3, 0.4) is 0 Å². The SMILES string of the molecule is CC(C)(C)ONC(=O)c1c(O)cccc1O. The van der Waals surface area contributed by atoms with E-state index in [2.05, 4.69) is 5.48 Å². The first kappa shape index (κ1) is 12.3.